The van der Waals surface area contributed by atoms with Gasteiger partial charge < -0.3 is 4.74 Å². The number of hydroxylamine groups is 2. The average Bonchev–Trinajstić information content (AvgIpc) is 3.26. The Morgan fingerprint density at radius 1 is 1.00 bits per heavy atom. The summed E-state index contributed by atoms with van der Waals surface area (Å²) in [7, 11) is 0. The molecule has 4 atom stereocenters. The molecule has 4 heteroatoms. The van der Waals surface area contributed by atoms with Crippen LogP contribution in [0.2, 0.25) is 0 Å². The van der Waals surface area contributed by atoms with Gasteiger partial charge in [0.25, 0.3) is 0 Å². The van der Waals surface area contributed by atoms with E-state index in [1.807, 2.05) is 48.4 Å². The highest BCUT2D eigenvalue weighted by atomic mass is 16.9. The lowest BCUT2D eigenvalue weighted by Crippen LogP contribution is -2.39. The second-order valence-electron chi connectivity index (χ2n) is 7.17. The summed E-state index contributed by atoms with van der Waals surface area (Å²) in [5.41, 5.74) is 0.904. The first-order valence-corrected chi connectivity index (χ1v) is 8.25. The van der Waals surface area contributed by atoms with Crippen LogP contribution in [0.25, 0.3) is 0 Å². The van der Waals surface area contributed by atoms with E-state index in [0.29, 0.717) is 5.56 Å². The monoisotopic (exact) mass is 323 g/mol. The Hall–Kier alpha value is -2.17. The summed E-state index contributed by atoms with van der Waals surface area (Å²) < 4.78 is 5.95. The van der Waals surface area contributed by atoms with Gasteiger partial charge in [-0.1, -0.05) is 48.5 Å². The number of hydrogen-bond donors (Lipinski definition) is 0. The van der Waals surface area contributed by atoms with Gasteiger partial charge in [0, 0.05) is 5.92 Å². The van der Waals surface area contributed by atoms with Crippen LogP contribution in [0.15, 0.2) is 60.7 Å². The van der Waals surface area contributed by atoms with E-state index in [1.54, 1.807) is 12.1 Å². The van der Waals surface area contributed by atoms with Crippen molar-refractivity contribution in [1.82, 2.24) is 5.06 Å². The fraction of sp³-hybridized carbons (Fsp3) is 0.350. The summed E-state index contributed by atoms with van der Waals surface area (Å²) in [6.07, 6.45) is -0.359. The van der Waals surface area contributed by atoms with Crippen molar-refractivity contribution >= 4 is 5.97 Å². The quantitative estimate of drug-likeness (QED) is 0.637. The number of carbonyl (C=O) groups excluding carboxylic acids is 1. The van der Waals surface area contributed by atoms with Crippen LogP contribution in [0, 0.1) is 0 Å². The molecule has 0 amide bonds. The number of ether oxygens (including phenoxy) is 1. The minimum atomic E-state index is -0.561. The van der Waals surface area contributed by atoms with Crippen LogP contribution in [-0.4, -0.2) is 28.4 Å². The lowest BCUT2D eigenvalue weighted by Gasteiger charge is -2.33. The SMILES string of the molecule is CC1(C)C(c2ccccc2)C(OC(=O)c2ccccc2)C2(C)ON12. The molecule has 124 valence electrons. The van der Waals surface area contributed by atoms with Gasteiger partial charge in [-0.2, -0.15) is 0 Å². The molecule has 2 aliphatic heterocycles. The summed E-state index contributed by atoms with van der Waals surface area (Å²) in [6, 6.07) is 19.3. The van der Waals surface area contributed by atoms with Gasteiger partial charge >= 0.3 is 5.97 Å². The summed E-state index contributed by atoms with van der Waals surface area (Å²) in [5, 5.41) is 1.96. The van der Waals surface area contributed by atoms with E-state index in [1.165, 1.54) is 0 Å². The average molecular weight is 323 g/mol. The predicted molar refractivity (Wildman–Crippen MR) is 90.2 cm³/mol. The minimum Gasteiger partial charge on any atom is -0.453 e. The highest BCUT2D eigenvalue weighted by molar-refractivity contribution is 5.89. The zero-order valence-electron chi connectivity index (χ0n) is 14.1. The van der Waals surface area contributed by atoms with Crippen molar-refractivity contribution < 1.29 is 14.4 Å². The summed E-state index contributed by atoms with van der Waals surface area (Å²) >= 11 is 0. The van der Waals surface area contributed by atoms with E-state index in [9.17, 15) is 4.79 Å². The van der Waals surface area contributed by atoms with Gasteiger partial charge in [0.1, 0.15) is 0 Å². The molecule has 24 heavy (non-hydrogen) atoms. The lowest BCUT2D eigenvalue weighted by atomic mass is 9.80. The van der Waals surface area contributed by atoms with Crippen LogP contribution in [-0.2, 0) is 9.57 Å². The van der Waals surface area contributed by atoms with E-state index >= 15 is 0 Å². The van der Waals surface area contributed by atoms with E-state index in [0.717, 1.165) is 5.56 Å². The standard InChI is InChI=1S/C20H21NO3/c1-19(2)16(14-10-6-4-7-11-14)17(20(3)21(19)24-20)23-18(22)15-12-8-5-9-13-15/h4-13,16-17H,1-3H3. The lowest BCUT2D eigenvalue weighted by molar-refractivity contribution is -0.0248. The molecular formula is C20H21NO3. The first-order valence-electron chi connectivity index (χ1n) is 8.25. The van der Waals surface area contributed by atoms with Crippen LogP contribution in [0.1, 0.15) is 42.6 Å². The molecule has 0 aliphatic carbocycles. The third-order valence-corrected chi connectivity index (χ3v) is 5.16. The number of rotatable bonds is 3. The third-order valence-electron chi connectivity index (χ3n) is 5.16. The Labute approximate surface area is 141 Å². The van der Waals surface area contributed by atoms with Crippen molar-refractivity contribution in [2.75, 3.05) is 0 Å². The van der Waals surface area contributed by atoms with E-state index in [-0.39, 0.29) is 23.5 Å². The maximum absolute atomic E-state index is 12.6. The van der Waals surface area contributed by atoms with Gasteiger partial charge in [0.15, 0.2) is 11.8 Å². The normalized spacial score (nSPS) is 32.9. The Bertz CT molecular complexity index is 759. The van der Waals surface area contributed by atoms with Gasteiger partial charge in [0.2, 0.25) is 0 Å². The number of benzene rings is 2. The van der Waals surface area contributed by atoms with Crippen molar-refractivity contribution in [3.8, 4) is 0 Å². The third kappa shape index (κ3) is 2.18. The first kappa shape index (κ1) is 15.4. The molecule has 0 N–H and O–H groups in total. The number of nitrogens with zero attached hydrogens (tertiary/aromatic N) is 1. The van der Waals surface area contributed by atoms with E-state index in [2.05, 4.69) is 26.0 Å². The molecule has 2 saturated heterocycles. The molecule has 0 spiro atoms. The molecule has 2 aliphatic rings. The predicted octanol–water partition coefficient (Wildman–Crippen LogP) is 3.75. The van der Waals surface area contributed by atoms with Gasteiger partial charge in [-0.25, -0.2) is 4.79 Å². The maximum atomic E-state index is 12.6. The van der Waals surface area contributed by atoms with Crippen LogP contribution in [0.5, 0.6) is 0 Å². The highest BCUT2D eigenvalue weighted by Crippen LogP contribution is 2.61. The molecule has 0 saturated carbocycles. The van der Waals surface area contributed by atoms with Gasteiger partial charge in [-0.3, -0.25) is 4.84 Å². The molecule has 4 unspecified atom stereocenters. The molecule has 4 nitrogen and oxygen atoms in total. The first-order chi connectivity index (χ1) is 11.4. The smallest absolute Gasteiger partial charge is 0.338 e. The molecule has 0 aromatic heterocycles. The Kier molecular flexibility index (Phi) is 3.31. The van der Waals surface area contributed by atoms with Crippen LogP contribution in [0.4, 0.5) is 0 Å². The number of esters is 1. The summed E-state index contributed by atoms with van der Waals surface area (Å²) in [6.45, 7) is 6.25. The second kappa shape index (κ2) is 5.16. The highest BCUT2D eigenvalue weighted by Gasteiger charge is 2.75. The topological polar surface area (TPSA) is 41.8 Å². The maximum Gasteiger partial charge on any atom is 0.338 e. The van der Waals surface area contributed by atoms with Crippen molar-refractivity contribution in [3.63, 3.8) is 0 Å². The molecule has 0 bridgehead atoms. The molecule has 2 aromatic rings. The van der Waals surface area contributed by atoms with E-state index in [4.69, 9.17) is 9.57 Å². The molecule has 0 radical (unpaired) electrons. The molecule has 2 heterocycles. The number of fused-ring (bicyclic) bond motifs is 1. The molecular weight excluding hydrogens is 302 g/mol. The van der Waals surface area contributed by atoms with Crippen molar-refractivity contribution in [2.45, 2.75) is 44.1 Å². The van der Waals surface area contributed by atoms with Crippen molar-refractivity contribution in [3.05, 3.63) is 71.8 Å². The molecule has 2 aromatic carbocycles. The van der Waals surface area contributed by atoms with Crippen molar-refractivity contribution in [2.24, 2.45) is 0 Å². The Morgan fingerprint density at radius 2 is 1.58 bits per heavy atom. The minimum absolute atomic E-state index is 0.0464. The Morgan fingerprint density at radius 3 is 2.21 bits per heavy atom. The largest absolute Gasteiger partial charge is 0.453 e. The zero-order valence-corrected chi connectivity index (χ0v) is 14.1. The van der Waals surface area contributed by atoms with Gasteiger partial charge in [-0.15, -0.1) is 5.06 Å². The summed E-state index contributed by atoms with van der Waals surface area (Å²) in [5.74, 6) is -0.263. The zero-order chi connectivity index (χ0) is 16.9. The van der Waals surface area contributed by atoms with Crippen molar-refractivity contribution in [1.29, 1.82) is 0 Å². The fourth-order valence-electron chi connectivity index (χ4n) is 4.01. The number of hydrogen-bond acceptors (Lipinski definition) is 4. The fourth-order valence-corrected chi connectivity index (χ4v) is 4.01. The molecule has 2 fully saturated rings. The number of carbonyl (C=O) groups is 1. The molecule has 4 rings (SSSR count). The Balaban J connectivity index is 1.68. The van der Waals surface area contributed by atoms with Crippen LogP contribution in [0.3, 0.4) is 0 Å². The van der Waals surface area contributed by atoms with E-state index < -0.39 is 5.72 Å². The van der Waals surface area contributed by atoms with Gasteiger partial charge in [0.05, 0.1) is 11.1 Å². The second-order valence-corrected chi connectivity index (χ2v) is 7.17. The summed E-state index contributed by atoms with van der Waals surface area (Å²) in [4.78, 5) is 18.4. The van der Waals surface area contributed by atoms with Crippen LogP contribution >= 0.6 is 0 Å². The van der Waals surface area contributed by atoms with Gasteiger partial charge in [-0.05, 0) is 38.5 Å². The van der Waals surface area contributed by atoms with Crippen LogP contribution < -0.4 is 0 Å².